The van der Waals surface area contributed by atoms with Crippen LogP contribution >= 0.6 is 11.8 Å². The van der Waals surface area contributed by atoms with Crippen LogP contribution < -0.4 is 0 Å². The second-order valence-corrected chi connectivity index (χ2v) is 7.78. The molecule has 5 aromatic rings. The Balaban J connectivity index is 1.40. The number of nitrogens with zero attached hydrogens (tertiary/aromatic N) is 5. The van der Waals surface area contributed by atoms with Crippen molar-refractivity contribution < 1.29 is 22.1 Å². The zero-order valence-electron chi connectivity index (χ0n) is 16.7. The standard InChI is InChI=1S/C22H14F3N5O2S/c23-22(24,25)15-7-4-6-14(12-15)19-26-18(32-29-19)13-33-21-28-27-20(17-10-5-11-31-17)30(21)16-8-2-1-3-9-16/h1-12H,13H2. The first-order valence-electron chi connectivity index (χ1n) is 9.67. The molecule has 0 saturated carbocycles. The van der Waals surface area contributed by atoms with E-state index in [9.17, 15) is 13.2 Å². The van der Waals surface area contributed by atoms with E-state index in [4.69, 9.17) is 8.94 Å². The summed E-state index contributed by atoms with van der Waals surface area (Å²) in [5.74, 6) is 1.66. The molecule has 0 amide bonds. The molecule has 0 atom stereocenters. The average molecular weight is 469 g/mol. The highest BCUT2D eigenvalue weighted by atomic mass is 32.2. The molecular formula is C22H14F3N5O2S. The summed E-state index contributed by atoms with van der Waals surface area (Å²) in [5, 5.41) is 12.9. The van der Waals surface area contributed by atoms with E-state index in [1.165, 1.54) is 23.9 Å². The van der Waals surface area contributed by atoms with Crippen molar-refractivity contribution >= 4 is 11.8 Å². The van der Waals surface area contributed by atoms with Gasteiger partial charge in [-0.3, -0.25) is 4.57 Å². The highest BCUT2D eigenvalue weighted by Crippen LogP contribution is 2.32. The topological polar surface area (TPSA) is 82.8 Å². The van der Waals surface area contributed by atoms with Crippen molar-refractivity contribution in [3.8, 4) is 28.7 Å². The Hall–Kier alpha value is -3.86. The maximum atomic E-state index is 13.0. The summed E-state index contributed by atoms with van der Waals surface area (Å²) in [6.45, 7) is 0. The lowest BCUT2D eigenvalue weighted by Gasteiger charge is -2.08. The van der Waals surface area contributed by atoms with Gasteiger partial charge in [-0.05, 0) is 36.4 Å². The van der Waals surface area contributed by atoms with E-state index in [-0.39, 0.29) is 23.0 Å². The van der Waals surface area contributed by atoms with Crippen LogP contribution in [-0.2, 0) is 11.9 Å². The number of rotatable bonds is 6. The van der Waals surface area contributed by atoms with Crippen molar-refractivity contribution in [3.05, 3.63) is 84.4 Å². The Morgan fingerprint density at radius 3 is 2.55 bits per heavy atom. The second kappa shape index (κ2) is 8.58. The maximum absolute atomic E-state index is 13.0. The molecule has 11 heteroatoms. The highest BCUT2D eigenvalue weighted by molar-refractivity contribution is 7.98. The molecule has 0 fully saturated rings. The van der Waals surface area contributed by atoms with Gasteiger partial charge in [-0.25, -0.2) is 0 Å². The van der Waals surface area contributed by atoms with Crippen molar-refractivity contribution in [2.24, 2.45) is 0 Å². The van der Waals surface area contributed by atoms with Crippen molar-refractivity contribution in [3.63, 3.8) is 0 Å². The second-order valence-electron chi connectivity index (χ2n) is 6.83. The summed E-state index contributed by atoms with van der Waals surface area (Å²) in [6, 6.07) is 17.9. The number of benzene rings is 2. The smallest absolute Gasteiger partial charge is 0.416 e. The number of furan rings is 1. The molecule has 3 heterocycles. The molecule has 0 unspecified atom stereocenters. The van der Waals surface area contributed by atoms with Crippen molar-refractivity contribution in [2.45, 2.75) is 17.1 Å². The molecule has 166 valence electrons. The predicted molar refractivity (Wildman–Crippen MR) is 113 cm³/mol. The molecule has 0 spiro atoms. The van der Waals surface area contributed by atoms with Gasteiger partial charge in [0.05, 0.1) is 17.6 Å². The zero-order valence-corrected chi connectivity index (χ0v) is 17.5. The van der Waals surface area contributed by atoms with Gasteiger partial charge in [0.1, 0.15) is 0 Å². The Morgan fingerprint density at radius 1 is 0.939 bits per heavy atom. The lowest BCUT2D eigenvalue weighted by atomic mass is 10.1. The van der Waals surface area contributed by atoms with Gasteiger partial charge >= 0.3 is 6.18 Å². The lowest BCUT2D eigenvalue weighted by molar-refractivity contribution is -0.137. The van der Waals surface area contributed by atoms with E-state index in [2.05, 4.69) is 20.3 Å². The summed E-state index contributed by atoms with van der Waals surface area (Å²) < 4.78 is 51.6. The number of halogens is 3. The Bertz CT molecular complexity index is 1360. The molecule has 7 nitrogen and oxygen atoms in total. The average Bonchev–Trinajstić information content (AvgIpc) is 3.58. The molecule has 33 heavy (non-hydrogen) atoms. The van der Waals surface area contributed by atoms with Gasteiger partial charge in [-0.1, -0.05) is 47.3 Å². The molecule has 0 N–H and O–H groups in total. The molecule has 0 aliphatic carbocycles. The SMILES string of the molecule is FC(F)(F)c1cccc(-c2noc(CSc3nnc(-c4ccco4)n3-c3ccccc3)n2)c1. The van der Waals surface area contributed by atoms with Crippen LogP contribution in [0.2, 0.25) is 0 Å². The minimum atomic E-state index is -4.45. The molecule has 0 aliphatic heterocycles. The van der Waals surface area contributed by atoms with Crippen LogP contribution in [0.5, 0.6) is 0 Å². The summed E-state index contributed by atoms with van der Waals surface area (Å²) in [6.07, 6.45) is -2.90. The number of aromatic nitrogens is 5. The first-order chi connectivity index (χ1) is 16.0. The molecule has 0 radical (unpaired) electrons. The molecule has 5 rings (SSSR count). The van der Waals surface area contributed by atoms with Gasteiger partial charge in [0.25, 0.3) is 0 Å². The van der Waals surface area contributed by atoms with E-state index in [1.54, 1.807) is 18.4 Å². The van der Waals surface area contributed by atoms with Crippen LogP contribution in [0, 0.1) is 0 Å². The number of thioether (sulfide) groups is 1. The Labute approximate surface area is 189 Å². The van der Waals surface area contributed by atoms with Crippen LogP contribution in [0.1, 0.15) is 11.5 Å². The minimum absolute atomic E-state index is 0.0810. The van der Waals surface area contributed by atoms with Crippen LogP contribution in [0.4, 0.5) is 13.2 Å². The Morgan fingerprint density at radius 2 is 1.79 bits per heavy atom. The normalized spacial score (nSPS) is 11.7. The van der Waals surface area contributed by atoms with E-state index in [0.29, 0.717) is 16.7 Å². The third kappa shape index (κ3) is 4.40. The number of hydrogen-bond acceptors (Lipinski definition) is 7. The third-order valence-electron chi connectivity index (χ3n) is 4.63. The molecule has 0 saturated heterocycles. The van der Waals surface area contributed by atoms with Gasteiger partial charge in [-0.2, -0.15) is 18.2 Å². The van der Waals surface area contributed by atoms with Crippen molar-refractivity contribution in [2.75, 3.05) is 0 Å². The first-order valence-corrected chi connectivity index (χ1v) is 10.7. The Kier molecular flexibility index (Phi) is 5.47. The summed E-state index contributed by atoms with van der Waals surface area (Å²) >= 11 is 1.30. The van der Waals surface area contributed by atoms with Gasteiger partial charge in [0, 0.05) is 11.3 Å². The summed E-state index contributed by atoms with van der Waals surface area (Å²) in [7, 11) is 0. The van der Waals surface area contributed by atoms with Gasteiger partial charge in [0.2, 0.25) is 17.5 Å². The van der Waals surface area contributed by atoms with Crippen molar-refractivity contribution in [1.82, 2.24) is 24.9 Å². The van der Waals surface area contributed by atoms with E-state index in [1.807, 2.05) is 34.9 Å². The van der Waals surface area contributed by atoms with Gasteiger partial charge < -0.3 is 8.94 Å². The van der Waals surface area contributed by atoms with E-state index in [0.717, 1.165) is 17.8 Å². The third-order valence-corrected chi connectivity index (χ3v) is 5.54. The molecule has 0 aliphatic rings. The van der Waals surface area contributed by atoms with Crippen LogP contribution in [0.3, 0.4) is 0 Å². The lowest BCUT2D eigenvalue weighted by Crippen LogP contribution is -2.04. The summed E-state index contributed by atoms with van der Waals surface area (Å²) in [4.78, 5) is 4.24. The molecular weight excluding hydrogens is 455 g/mol. The quantitative estimate of drug-likeness (QED) is 0.287. The van der Waals surface area contributed by atoms with E-state index < -0.39 is 11.7 Å². The first kappa shape index (κ1) is 21.0. The predicted octanol–water partition coefficient (Wildman–Crippen LogP) is 5.89. The fraction of sp³-hybridized carbons (Fsp3) is 0.0909. The number of hydrogen-bond donors (Lipinski definition) is 0. The van der Waals surface area contributed by atoms with Crippen LogP contribution in [0.25, 0.3) is 28.7 Å². The number of para-hydroxylation sites is 1. The molecule has 0 bridgehead atoms. The van der Waals surface area contributed by atoms with E-state index >= 15 is 0 Å². The zero-order chi connectivity index (χ0) is 22.8. The van der Waals surface area contributed by atoms with Gasteiger partial charge in [0.15, 0.2) is 10.9 Å². The maximum Gasteiger partial charge on any atom is 0.416 e. The molecule has 3 aromatic heterocycles. The monoisotopic (exact) mass is 469 g/mol. The summed E-state index contributed by atoms with van der Waals surface area (Å²) in [5.41, 5.74) is 0.283. The minimum Gasteiger partial charge on any atom is -0.461 e. The fourth-order valence-corrected chi connectivity index (χ4v) is 3.92. The number of alkyl halides is 3. The van der Waals surface area contributed by atoms with Crippen molar-refractivity contribution in [1.29, 1.82) is 0 Å². The largest absolute Gasteiger partial charge is 0.461 e. The molecule has 2 aromatic carbocycles. The highest BCUT2D eigenvalue weighted by Gasteiger charge is 2.30. The fourth-order valence-electron chi connectivity index (χ4n) is 3.13. The van der Waals surface area contributed by atoms with Gasteiger partial charge in [-0.15, -0.1) is 10.2 Å². The van der Waals surface area contributed by atoms with Crippen LogP contribution in [-0.4, -0.2) is 24.9 Å². The van der Waals surface area contributed by atoms with Crippen LogP contribution in [0.15, 0.2) is 87.1 Å².